The zero-order valence-corrected chi connectivity index (χ0v) is 25.9. The predicted molar refractivity (Wildman–Crippen MR) is 151 cm³/mol. The van der Waals surface area contributed by atoms with E-state index in [-0.39, 0.29) is 12.8 Å². The number of azide groups is 3. The number of alkyl halides is 3. The van der Waals surface area contributed by atoms with Gasteiger partial charge in [-0.3, -0.25) is 0 Å². The Morgan fingerprint density at radius 2 is 0.718 bits per heavy atom. The first-order valence-electron chi connectivity index (χ1n) is 12.1. The summed E-state index contributed by atoms with van der Waals surface area (Å²) in [5.74, 6) is 0. The lowest BCUT2D eigenvalue weighted by atomic mass is 10.0. The van der Waals surface area contributed by atoms with Gasteiger partial charge in [0.15, 0.2) is 0 Å². The van der Waals surface area contributed by atoms with Gasteiger partial charge in [0.05, 0.1) is 0 Å². The van der Waals surface area contributed by atoms with E-state index >= 15 is 0 Å². The molecule has 15 nitrogen and oxygen atoms in total. The molecule has 0 aromatic carbocycles. The summed E-state index contributed by atoms with van der Waals surface area (Å²) < 4.78 is 74.1. The second kappa shape index (κ2) is 18.2. The smallest absolute Gasteiger partial charge is 0.218 e. The van der Waals surface area contributed by atoms with E-state index in [4.69, 9.17) is 51.4 Å². The average Bonchev–Trinajstić information content (AvgIpc) is 2.83. The predicted octanol–water partition coefficient (Wildman–Crippen LogP) is 8.17. The van der Waals surface area contributed by atoms with E-state index in [0.717, 1.165) is 64.2 Å². The molecular weight excluding hydrogens is 641 g/mol. The Morgan fingerprint density at radius 3 is 1.03 bits per heavy atom. The minimum Gasteiger partial charge on any atom is -0.218 e. The first kappa shape index (κ1) is 37.6. The van der Waals surface area contributed by atoms with Crippen molar-refractivity contribution in [3.8, 4) is 0 Å². The van der Waals surface area contributed by atoms with Gasteiger partial charge in [0.2, 0.25) is 3.67 Å². The number of hydrogen-bond donors (Lipinski definition) is 0. The van der Waals surface area contributed by atoms with Crippen LogP contribution in [0.2, 0.25) is 0 Å². The number of nitrogens with zero attached hydrogens (tertiary/aromatic N) is 9. The van der Waals surface area contributed by atoms with Crippen molar-refractivity contribution >= 4 is 64.9 Å². The van der Waals surface area contributed by atoms with Crippen LogP contribution >= 0.6 is 34.8 Å². The second-order valence-electron chi connectivity index (χ2n) is 8.69. The van der Waals surface area contributed by atoms with Crippen LogP contribution in [0.1, 0.15) is 103 Å². The Balaban J connectivity index is 4.04. The third-order valence-corrected chi connectivity index (χ3v) is 13.7. The van der Waals surface area contributed by atoms with Crippen LogP contribution in [0, 0.1) is 0 Å². The second-order valence-corrected chi connectivity index (χ2v) is 17.4. The molecule has 0 aromatic rings. The van der Waals surface area contributed by atoms with Crippen LogP contribution in [0.5, 0.6) is 0 Å². The molecule has 0 atom stereocenters. The highest BCUT2D eigenvalue weighted by molar-refractivity contribution is 8.11. The summed E-state index contributed by atoms with van der Waals surface area (Å²) in [6, 6.07) is 0. The molecule has 39 heavy (non-hydrogen) atoms. The topological polar surface area (TPSA) is 249 Å². The van der Waals surface area contributed by atoms with Gasteiger partial charge in [-0.25, -0.2) is 25.3 Å². The minimum atomic E-state index is -5.01. The third-order valence-electron chi connectivity index (χ3n) is 5.77. The number of sulfonamides is 3. The first-order valence-corrected chi connectivity index (χ1v) is 17.6. The zero-order valence-electron chi connectivity index (χ0n) is 21.1. The van der Waals surface area contributed by atoms with Gasteiger partial charge in [-0.1, -0.05) is 112 Å². The Bertz CT molecular complexity index is 1200. The molecule has 0 aromatic heterocycles. The fraction of sp³-hybridized carbons (Fsp3) is 1.00. The fourth-order valence-corrected chi connectivity index (χ4v) is 7.53. The standard InChI is InChI=1S/C18H32Cl3N9O6S3/c19-17(20,37(31,32)28-25-22)15-13-11-9-7-5-3-1-2-4-6-8-10-12-14-16-18(21,38(33,34)29-26-23)39(35,36)30-27-24/h1-16H2. The van der Waals surface area contributed by atoms with Gasteiger partial charge in [0, 0.05) is 28.3 Å². The normalized spacial score (nSPS) is 13.9. The molecule has 0 saturated carbocycles. The van der Waals surface area contributed by atoms with Crippen molar-refractivity contribution in [3.05, 3.63) is 31.3 Å². The molecule has 0 unspecified atom stereocenters. The van der Waals surface area contributed by atoms with Gasteiger partial charge in [-0.05, 0) is 42.3 Å². The Kier molecular flexibility index (Phi) is 17.5. The van der Waals surface area contributed by atoms with E-state index in [1.165, 1.54) is 0 Å². The van der Waals surface area contributed by atoms with Crippen LogP contribution in [0.25, 0.3) is 31.3 Å². The number of rotatable bonds is 23. The minimum absolute atomic E-state index is 0.0199. The van der Waals surface area contributed by atoms with E-state index in [9.17, 15) is 25.3 Å². The maximum Gasteiger partial charge on any atom is 0.270 e. The number of halogens is 3. The van der Waals surface area contributed by atoms with Crippen molar-refractivity contribution in [3.63, 3.8) is 0 Å². The molecule has 0 N–H and O–H groups in total. The monoisotopic (exact) mass is 671 g/mol. The summed E-state index contributed by atoms with van der Waals surface area (Å²) >= 11 is 17.4. The lowest BCUT2D eigenvalue weighted by Gasteiger charge is -2.21. The average molecular weight is 673 g/mol. The van der Waals surface area contributed by atoms with Crippen LogP contribution in [0.15, 0.2) is 13.6 Å². The Morgan fingerprint density at radius 1 is 0.462 bits per heavy atom. The van der Waals surface area contributed by atoms with Crippen molar-refractivity contribution in [1.82, 2.24) is 0 Å². The molecule has 0 heterocycles. The van der Waals surface area contributed by atoms with E-state index in [1.807, 2.05) is 0 Å². The van der Waals surface area contributed by atoms with Crippen molar-refractivity contribution in [2.75, 3.05) is 0 Å². The lowest BCUT2D eigenvalue weighted by Crippen LogP contribution is -2.38. The largest absolute Gasteiger partial charge is 0.270 e. The van der Waals surface area contributed by atoms with Gasteiger partial charge in [0.1, 0.15) is 0 Å². The number of hydrogen-bond acceptors (Lipinski definition) is 6. The van der Waals surface area contributed by atoms with Crippen LogP contribution in [-0.4, -0.2) is 32.5 Å². The molecule has 21 heteroatoms. The van der Waals surface area contributed by atoms with Gasteiger partial charge < -0.3 is 0 Å². The molecular formula is C18H32Cl3N9O6S3. The van der Waals surface area contributed by atoms with Crippen LogP contribution in [-0.2, 0) is 30.1 Å². The van der Waals surface area contributed by atoms with E-state index in [0.29, 0.717) is 19.3 Å². The maximum absolute atomic E-state index is 12.1. The summed E-state index contributed by atoms with van der Waals surface area (Å²) in [5.41, 5.74) is 25.1. The lowest BCUT2D eigenvalue weighted by molar-refractivity contribution is 0.521. The van der Waals surface area contributed by atoms with Gasteiger partial charge in [0.25, 0.3) is 33.6 Å². The van der Waals surface area contributed by atoms with Crippen LogP contribution < -0.4 is 0 Å². The van der Waals surface area contributed by atoms with Gasteiger partial charge >= 0.3 is 0 Å². The maximum atomic E-state index is 12.1. The Hall–Kier alpha value is -1.35. The molecule has 0 bridgehead atoms. The van der Waals surface area contributed by atoms with Crippen molar-refractivity contribution in [2.45, 2.75) is 110 Å². The van der Waals surface area contributed by atoms with E-state index in [2.05, 4.69) is 28.3 Å². The van der Waals surface area contributed by atoms with Gasteiger partial charge in [-0.2, -0.15) is 0 Å². The van der Waals surface area contributed by atoms with Crippen LogP contribution in [0.3, 0.4) is 0 Å². The highest BCUT2D eigenvalue weighted by Gasteiger charge is 2.53. The summed E-state index contributed by atoms with van der Waals surface area (Å²) in [6.07, 6.45) is 10.9. The molecule has 0 rings (SSSR count). The summed E-state index contributed by atoms with van der Waals surface area (Å²) in [5, 5.41) is 0. The molecule has 0 saturated heterocycles. The summed E-state index contributed by atoms with van der Waals surface area (Å²) in [4.78, 5) is 6.44. The quantitative estimate of drug-likeness (QED) is 0.0340. The van der Waals surface area contributed by atoms with Crippen molar-refractivity contribution in [2.24, 2.45) is 13.6 Å². The first-order chi connectivity index (χ1) is 18.1. The zero-order chi connectivity index (χ0) is 30.1. The molecule has 0 aliphatic rings. The van der Waals surface area contributed by atoms with E-state index < -0.39 is 43.7 Å². The van der Waals surface area contributed by atoms with Crippen molar-refractivity contribution < 1.29 is 25.3 Å². The van der Waals surface area contributed by atoms with Crippen LogP contribution in [0.4, 0.5) is 0 Å². The summed E-state index contributed by atoms with van der Waals surface area (Å²) in [7, 11) is -14.3. The molecule has 0 aliphatic heterocycles. The van der Waals surface area contributed by atoms with E-state index in [1.54, 1.807) is 0 Å². The SMILES string of the molecule is [N-]=[N+]=NS(=O)(=O)C(Cl)(Cl)CCCCCCCCCCCCCCCCC(Cl)(S(=O)(=O)N=[N+]=[N-])S(=O)(=O)N=[N+]=[N-]. The summed E-state index contributed by atoms with van der Waals surface area (Å²) in [6.45, 7) is 0. The third kappa shape index (κ3) is 12.8. The molecule has 0 radical (unpaired) electrons. The molecule has 0 amide bonds. The molecule has 0 aliphatic carbocycles. The highest BCUT2D eigenvalue weighted by Crippen LogP contribution is 2.38. The Labute approximate surface area is 244 Å². The van der Waals surface area contributed by atoms with Gasteiger partial charge in [-0.15, -0.1) is 0 Å². The number of unbranched alkanes of at least 4 members (excludes halogenated alkanes) is 13. The highest BCUT2D eigenvalue weighted by atomic mass is 35.5. The van der Waals surface area contributed by atoms with Crippen molar-refractivity contribution in [1.29, 1.82) is 0 Å². The molecule has 0 spiro atoms. The molecule has 224 valence electrons. The fourth-order valence-electron chi connectivity index (χ4n) is 3.63. The molecule has 0 fully saturated rings.